The fourth-order valence-electron chi connectivity index (χ4n) is 6.15. The van der Waals surface area contributed by atoms with Crippen molar-refractivity contribution >= 4 is 28.8 Å². The number of rotatable bonds is 3. The van der Waals surface area contributed by atoms with Crippen LogP contribution in [0.5, 0.6) is 5.75 Å². The first-order valence-electron chi connectivity index (χ1n) is 12.3. The number of ketones is 2. The van der Waals surface area contributed by atoms with Crippen LogP contribution in [-0.2, 0) is 16.0 Å². The smallest absolute Gasteiger partial charge is 0.278 e. The van der Waals surface area contributed by atoms with Gasteiger partial charge in [0.1, 0.15) is 33.9 Å². The Kier molecular flexibility index (Phi) is 5.68. The van der Waals surface area contributed by atoms with Gasteiger partial charge in [-0.05, 0) is 24.5 Å². The Bertz CT molecular complexity index is 1640. The highest BCUT2D eigenvalue weighted by molar-refractivity contribution is 7.14. The van der Waals surface area contributed by atoms with Crippen molar-refractivity contribution in [2.45, 2.75) is 37.8 Å². The molecule has 3 unspecified atom stereocenters. The summed E-state index contributed by atoms with van der Waals surface area (Å²) in [4.78, 5) is 53.0. The lowest BCUT2D eigenvalue weighted by molar-refractivity contribution is -0.124. The number of amides is 1. The molecule has 3 aromatic rings. The number of Topliss-reactive ketones (excluding diaryl/α,β-unsaturated/α-hetero) is 2. The van der Waals surface area contributed by atoms with Gasteiger partial charge in [0, 0.05) is 51.0 Å². The quantitative estimate of drug-likeness (QED) is 0.488. The lowest BCUT2D eigenvalue weighted by atomic mass is 9.73. The second kappa shape index (κ2) is 8.76. The third-order valence-electron chi connectivity index (χ3n) is 8.34. The average Bonchev–Trinajstić information content (AvgIpc) is 3.48. The molecule has 39 heavy (non-hydrogen) atoms. The molecule has 1 spiro atoms. The number of hydrogen-bond donors (Lipinski definition) is 1. The summed E-state index contributed by atoms with van der Waals surface area (Å²) in [5, 5.41) is 21.2. The van der Waals surface area contributed by atoms with Crippen LogP contribution in [0.4, 0.5) is 8.78 Å². The van der Waals surface area contributed by atoms with E-state index in [1.165, 1.54) is 21.8 Å². The monoisotopic (exact) mass is 555 g/mol. The van der Waals surface area contributed by atoms with E-state index in [9.17, 15) is 33.1 Å². The number of carbonyl (C=O) groups excluding carboxylic acids is 3. The van der Waals surface area contributed by atoms with Crippen LogP contribution in [-0.4, -0.2) is 62.1 Å². The topological polar surface area (TPSA) is 126 Å². The van der Waals surface area contributed by atoms with Gasteiger partial charge in [0.25, 0.3) is 5.91 Å². The molecule has 1 N–H and O–H groups in total. The minimum Gasteiger partial charge on any atom is -0.502 e. The average molecular weight is 556 g/mol. The molecule has 0 saturated heterocycles. The van der Waals surface area contributed by atoms with Crippen molar-refractivity contribution < 1.29 is 28.3 Å². The van der Waals surface area contributed by atoms with Gasteiger partial charge in [0.05, 0.1) is 12.0 Å². The molecule has 2 saturated carbocycles. The van der Waals surface area contributed by atoms with Crippen LogP contribution in [0.15, 0.2) is 29.2 Å². The van der Waals surface area contributed by atoms with Crippen LogP contribution < -0.4 is 10.4 Å². The van der Waals surface area contributed by atoms with Gasteiger partial charge >= 0.3 is 0 Å². The van der Waals surface area contributed by atoms with Crippen LogP contribution in [0.2, 0.25) is 0 Å². The van der Waals surface area contributed by atoms with Crippen LogP contribution in [0, 0.1) is 23.5 Å². The standard InChI is InChI=1S/C26H23F2N5O5S/c1-31-25(38)21-23(37)22(36)16(24-30-29-20(39-24)7-12-3-4-13(27)8-17(12)28)11-33(21)32(2)26(31)6-5-14-15(10-26)19(35)9-18(14)34/h3-4,8,11,14-15,37H,5-7,9-10H2,1-2H3. The minimum absolute atomic E-state index is 0.0141. The molecule has 3 heterocycles. The Morgan fingerprint density at radius 1 is 1.10 bits per heavy atom. The Balaban J connectivity index is 1.39. The third kappa shape index (κ3) is 3.70. The number of nitrogens with zero attached hydrogens (tertiary/aromatic N) is 5. The highest BCUT2D eigenvalue weighted by atomic mass is 32.1. The zero-order chi connectivity index (χ0) is 27.8. The molecule has 3 atom stereocenters. The van der Waals surface area contributed by atoms with Gasteiger partial charge in [0.15, 0.2) is 16.5 Å². The molecular formula is C26H23F2N5O5S. The van der Waals surface area contributed by atoms with Crippen molar-refractivity contribution in [2.24, 2.45) is 11.8 Å². The molecule has 202 valence electrons. The van der Waals surface area contributed by atoms with E-state index < -0.39 is 40.3 Å². The number of carbonyl (C=O) groups is 3. The number of fused-ring (bicyclic) bond motifs is 2. The highest BCUT2D eigenvalue weighted by Crippen LogP contribution is 2.47. The molecule has 0 bridgehead atoms. The maximum Gasteiger partial charge on any atom is 0.278 e. The summed E-state index contributed by atoms with van der Waals surface area (Å²) >= 11 is 1.01. The summed E-state index contributed by atoms with van der Waals surface area (Å²) < 4.78 is 28.8. The van der Waals surface area contributed by atoms with E-state index in [1.54, 1.807) is 19.1 Å². The zero-order valence-corrected chi connectivity index (χ0v) is 21.8. The first-order valence-corrected chi connectivity index (χ1v) is 13.2. The second-order valence-electron chi connectivity index (χ2n) is 10.3. The van der Waals surface area contributed by atoms with Crippen molar-refractivity contribution in [3.63, 3.8) is 0 Å². The molecule has 10 nitrogen and oxygen atoms in total. The number of aromatic nitrogens is 3. The van der Waals surface area contributed by atoms with E-state index >= 15 is 0 Å². The van der Waals surface area contributed by atoms with Gasteiger partial charge in [-0.3, -0.25) is 28.9 Å². The van der Waals surface area contributed by atoms with Gasteiger partial charge in [0.2, 0.25) is 5.43 Å². The van der Waals surface area contributed by atoms with E-state index in [-0.39, 0.29) is 58.6 Å². The van der Waals surface area contributed by atoms with E-state index in [4.69, 9.17) is 0 Å². The molecule has 2 fully saturated rings. The Labute approximate surface area is 224 Å². The normalized spacial score (nSPS) is 24.5. The van der Waals surface area contributed by atoms with E-state index in [2.05, 4.69) is 10.2 Å². The molecule has 3 aliphatic rings. The highest BCUT2D eigenvalue weighted by Gasteiger charge is 2.57. The zero-order valence-electron chi connectivity index (χ0n) is 21.0. The van der Waals surface area contributed by atoms with Gasteiger partial charge in [-0.25, -0.2) is 8.78 Å². The van der Waals surface area contributed by atoms with Gasteiger partial charge < -0.3 is 10.0 Å². The number of halogens is 2. The van der Waals surface area contributed by atoms with E-state index in [0.29, 0.717) is 17.8 Å². The van der Waals surface area contributed by atoms with Gasteiger partial charge in [-0.2, -0.15) is 0 Å². The first-order chi connectivity index (χ1) is 18.5. The van der Waals surface area contributed by atoms with Crippen molar-refractivity contribution in [2.75, 3.05) is 19.1 Å². The Morgan fingerprint density at radius 2 is 1.85 bits per heavy atom. The summed E-state index contributed by atoms with van der Waals surface area (Å²) in [6.45, 7) is 0. The predicted molar refractivity (Wildman–Crippen MR) is 135 cm³/mol. The number of hydrogen-bond acceptors (Lipinski definition) is 9. The number of aromatic hydroxyl groups is 1. The number of pyridine rings is 1. The molecular weight excluding hydrogens is 532 g/mol. The van der Waals surface area contributed by atoms with Crippen LogP contribution >= 0.6 is 11.3 Å². The van der Waals surface area contributed by atoms with E-state index in [0.717, 1.165) is 23.5 Å². The third-order valence-corrected chi connectivity index (χ3v) is 9.30. The van der Waals surface area contributed by atoms with Crippen molar-refractivity contribution in [1.29, 1.82) is 0 Å². The summed E-state index contributed by atoms with van der Waals surface area (Å²) in [7, 11) is 3.26. The van der Waals surface area contributed by atoms with Crippen molar-refractivity contribution in [1.82, 2.24) is 19.8 Å². The Morgan fingerprint density at radius 3 is 2.59 bits per heavy atom. The molecule has 13 heteroatoms. The molecule has 1 amide bonds. The SMILES string of the molecule is CN1C(=O)c2c(O)c(=O)c(-c3nnc(Cc4ccc(F)cc4F)s3)cn2N(C)C12CCC1C(=O)CC(=O)C1C2. The minimum atomic E-state index is -0.962. The summed E-state index contributed by atoms with van der Waals surface area (Å²) in [6.07, 6.45) is 2.42. The second-order valence-corrected chi connectivity index (χ2v) is 11.3. The Hall–Kier alpha value is -4.00. The van der Waals surface area contributed by atoms with Crippen molar-refractivity contribution in [3.05, 3.63) is 62.5 Å². The summed E-state index contributed by atoms with van der Waals surface area (Å²) in [5.74, 6) is -3.84. The van der Waals surface area contributed by atoms with Gasteiger partial charge in [-0.1, -0.05) is 17.4 Å². The van der Waals surface area contributed by atoms with Crippen LogP contribution in [0.1, 0.15) is 46.7 Å². The van der Waals surface area contributed by atoms with Crippen LogP contribution in [0.3, 0.4) is 0 Å². The first kappa shape index (κ1) is 25.3. The molecule has 6 rings (SSSR count). The van der Waals surface area contributed by atoms with Crippen molar-refractivity contribution in [3.8, 4) is 16.3 Å². The molecule has 2 aliphatic carbocycles. The summed E-state index contributed by atoms with van der Waals surface area (Å²) in [5.41, 5.74) is -1.82. The molecule has 2 aromatic heterocycles. The van der Waals surface area contributed by atoms with Gasteiger partial charge in [-0.15, -0.1) is 10.2 Å². The van der Waals surface area contributed by atoms with Crippen LogP contribution in [0.25, 0.3) is 10.6 Å². The summed E-state index contributed by atoms with van der Waals surface area (Å²) in [6, 6.07) is 3.21. The number of benzene rings is 1. The predicted octanol–water partition coefficient (Wildman–Crippen LogP) is 2.25. The largest absolute Gasteiger partial charge is 0.502 e. The molecule has 0 radical (unpaired) electrons. The molecule has 1 aromatic carbocycles. The lowest BCUT2D eigenvalue weighted by Gasteiger charge is -2.56. The lowest BCUT2D eigenvalue weighted by Crippen LogP contribution is -2.70. The fraction of sp³-hybridized carbons (Fsp3) is 0.385. The van der Waals surface area contributed by atoms with E-state index in [1.807, 2.05) is 0 Å². The maximum absolute atomic E-state index is 14.1. The molecule has 1 aliphatic heterocycles. The fourth-order valence-corrected chi connectivity index (χ4v) is 7.01. The maximum atomic E-state index is 14.1.